The number of nitrogens with one attached hydrogen (secondary N) is 1. The Morgan fingerprint density at radius 3 is 2.40 bits per heavy atom. The SMILES string of the molecule is O=C(O)[C@@H](CO)NCc1cnc(-c2ccccc2)nc1. The summed E-state index contributed by atoms with van der Waals surface area (Å²) in [5, 5.41) is 20.4. The number of nitrogens with zero attached hydrogens (tertiary/aromatic N) is 2. The molecule has 2 aromatic rings. The van der Waals surface area contributed by atoms with Crippen molar-refractivity contribution in [3.63, 3.8) is 0 Å². The first-order valence-electron chi connectivity index (χ1n) is 6.14. The largest absolute Gasteiger partial charge is 0.480 e. The van der Waals surface area contributed by atoms with Crippen molar-refractivity contribution < 1.29 is 15.0 Å². The highest BCUT2D eigenvalue weighted by Crippen LogP contribution is 2.13. The number of carboxylic acids is 1. The smallest absolute Gasteiger partial charge is 0.323 e. The van der Waals surface area contributed by atoms with Gasteiger partial charge in [-0.15, -0.1) is 0 Å². The topological polar surface area (TPSA) is 95.3 Å². The van der Waals surface area contributed by atoms with Gasteiger partial charge in [0.1, 0.15) is 6.04 Å². The van der Waals surface area contributed by atoms with Gasteiger partial charge in [0.15, 0.2) is 5.82 Å². The molecule has 2 rings (SSSR count). The maximum atomic E-state index is 10.7. The third-order valence-corrected chi connectivity index (χ3v) is 2.77. The first-order valence-corrected chi connectivity index (χ1v) is 6.14. The average Bonchev–Trinajstić information content (AvgIpc) is 2.49. The van der Waals surface area contributed by atoms with Gasteiger partial charge in [-0.25, -0.2) is 9.97 Å². The summed E-state index contributed by atoms with van der Waals surface area (Å²) in [7, 11) is 0. The van der Waals surface area contributed by atoms with Gasteiger partial charge in [0.2, 0.25) is 0 Å². The van der Waals surface area contributed by atoms with E-state index in [-0.39, 0.29) is 6.54 Å². The number of carboxylic acid groups (broad SMARTS) is 1. The van der Waals surface area contributed by atoms with E-state index >= 15 is 0 Å². The standard InChI is InChI=1S/C14H15N3O3/c18-9-12(14(19)20)15-6-10-7-16-13(17-8-10)11-4-2-1-3-5-11/h1-5,7-8,12,15,18H,6,9H2,(H,19,20)/t12-/m1/s1. The molecule has 1 aromatic carbocycles. The molecule has 0 amide bonds. The molecule has 0 saturated carbocycles. The van der Waals surface area contributed by atoms with Gasteiger partial charge in [0.25, 0.3) is 0 Å². The fourth-order valence-corrected chi connectivity index (χ4v) is 1.65. The van der Waals surface area contributed by atoms with Gasteiger partial charge in [-0.2, -0.15) is 0 Å². The van der Waals surface area contributed by atoms with Crippen LogP contribution in [0.2, 0.25) is 0 Å². The normalized spacial score (nSPS) is 12.1. The molecule has 0 spiro atoms. The van der Waals surface area contributed by atoms with E-state index in [1.54, 1.807) is 12.4 Å². The predicted molar refractivity (Wildman–Crippen MR) is 72.8 cm³/mol. The number of hydrogen-bond acceptors (Lipinski definition) is 5. The highest BCUT2D eigenvalue weighted by atomic mass is 16.4. The van der Waals surface area contributed by atoms with Crippen molar-refractivity contribution in [2.24, 2.45) is 0 Å². The Kier molecular flexibility index (Phi) is 4.75. The van der Waals surface area contributed by atoms with Crippen LogP contribution in [-0.4, -0.2) is 38.8 Å². The highest BCUT2D eigenvalue weighted by molar-refractivity contribution is 5.73. The van der Waals surface area contributed by atoms with E-state index in [1.807, 2.05) is 30.3 Å². The zero-order valence-corrected chi connectivity index (χ0v) is 10.7. The van der Waals surface area contributed by atoms with Crippen LogP contribution in [0.5, 0.6) is 0 Å². The lowest BCUT2D eigenvalue weighted by atomic mass is 10.2. The average molecular weight is 273 g/mol. The van der Waals surface area contributed by atoms with Gasteiger partial charge in [-0.05, 0) is 0 Å². The molecule has 0 aliphatic rings. The van der Waals surface area contributed by atoms with Crippen LogP contribution in [0.3, 0.4) is 0 Å². The number of hydrogen-bond donors (Lipinski definition) is 3. The number of aliphatic hydroxyl groups excluding tert-OH is 1. The maximum absolute atomic E-state index is 10.7. The summed E-state index contributed by atoms with van der Waals surface area (Å²) in [6.45, 7) is -0.176. The second kappa shape index (κ2) is 6.74. The summed E-state index contributed by atoms with van der Waals surface area (Å²) in [5.74, 6) is -0.472. The van der Waals surface area contributed by atoms with Gasteiger partial charge in [0.05, 0.1) is 6.61 Å². The molecule has 6 nitrogen and oxygen atoms in total. The van der Waals surface area contributed by atoms with Crippen molar-refractivity contribution in [2.45, 2.75) is 12.6 Å². The van der Waals surface area contributed by atoms with Crippen LogP contribution in [0.1, 0.15) is 5.56 Å². The molecule has 0 saturated heterocycles. The fraction of sp³-hybridized carbons (Fsp3) is 0.214. The van der Waals surface area contributed by atoms with Crippen LogP contribution in [0.4, 0.5) is 0 Å². The third-order valence-electron chi connectivity index (χ3n) is 2.77. The lowest BCUT2D eigenvalue weighted by Gasteiger charge is -2.11. The Morgan fingerprint density at radius 1 is 1.20 bits per heavy atom. The molecule has 0 aliphatic heterocycles. The number of carbonyl (C=O) groups is 1. The Bertz CT molecular complexity index is 558. The number of aliphatic hydroxyl groups is 1. The van der Waals surface area contributed by atoms with Gasteiger partial charge in [-0.3, -0.25) is 10.1 Å². The minimum Gasteiger partial charge on any atom is -0.480 e. The Balaban J connectivity index is 2.00. The van der Waals surface area contributed by atoms with Crippen molar-refractivity contribution in [1.82, 2.24) is 15.3 Å². The molecule has 0 bridgehead atoms. The molecule has 0 radical (unpaired) electrons. The second-order valence-corrected chi connectivity index (χ2v) is 4.24. The van der Waals surface area contributed by atoms with Crippen LogP contribution in [0.15, 0.2) is 42.7 Å². The van der Waals surface area contributed by atoms with Crippen LogP contribution in [0, 0.1) is 0 Å². The first kappa shape index (κ1) is 14.1. The summed E-state index contributed by atoms with van der Waals surface area (Å²) >= 11 is 0. The van der Waals surface area contributed by atoms with E-state index in [0.717, 1.165) is 11.1 Å². The monoisotopic (exact) mass is 273 g/mol. The summed E-state index contributed by atoms with van der Waals surface area (Å²) in [4.78, 5) is 19.2. The number of rotatable bonds is 6. The highest BCUT2D eigenvalue weighted by Gasteiger charge is 2.14. The van der Waals surface area contributed by atoms with Gasteiger partial charge >= 0.3 is 5.97 Å². The summed E-state index contributed by atoms with van der Waals surface area (Å²) in [6, 6.07) is 8.59. The first-order chi connectivity index (χ1) is 9.70. The molecule has 1 aromatic heterocycles. The lowest BCUT2D eigenvalue weighted by Crippen LogP contribution is -2.39. The van der Waals surface area contributed by atoms with Crippen LogP contribution >= 0.6 is 0 Å². The summed E-state index contributed by atoms with van der Waals surface area (Å²) in [6.07, 6.45) is 3.28. The fourth-order valence-electron chi connectivity index (χ4n) is 1.65. The Morgan fingerprint density at radius 2 is 1.85 bits per heavy atom. The van der Waals surface area contributed by atoms with Crippen molar-refractivity contribution in [3.05, 3.63) is 48.3 Å². The zero-order chi connectivity index (χ0) is 14.4. The van der Waals surface area contributed by atoms with Crippen molar-refractivity contribution >= 4 is 5.97 Å². The quantitative estimate of drug-likeness (QED) is 0.716. The molecule has 104 valence electrons. The number of benzene rings is 1. The minimum absolute atomic E-state index is 0.284. The van der Waals surface area contributed by atoms with E-state index in [0.29, 0.717) is 5.82 Å². The number of aliphatic carboxylic acids is 1. The summed E-state index contributed by atoms with van der Waals surface area (Å²) in [5.41, 5.74) is 1.68. The molecular weight excluding hydrogens is 258 g/mol. The maximum Gasteiger partial charge on any atom is 0.323 e. The van der Waals surface area contributed by atoms with Crippen molar-refractivity contribution in [1.29, 1.82) is 0 Å². The van der Waals surface area contributed by atoms with Gasteiger partial charge in [0, 0.05) is 30.1 Å². The molecule has 6 heteroatoms. The molecule has 0 aliphatic carbocycles. The van der Waals surface area contributed by atoms with Crippen LogP contribution in [0.25, 0.3) is 11.4 Å². The minimum atomic E-state index is -1.09. The van der Waals surface area contributed by atoms with E-state index in [4.69, 9.17) is 10.2 Å². The van der Waals surface area contributed by atoms with Gasteiger partial charge < -0.3 is 10.2 Å². The van der Waals surface area contributed by atoms with E-state index < -0.39 is 18.6 Å². The Hall–Kier alpha value is -2.31. The molecule has 0 unspecified atom stereocenters. The van der Waals surface area contributed by atoms with Crippen LogP contribution in [-0.2, 0) is 11.3 Å². The molecule has 1 heterocycles. The van der Waals surface area contributed by atoms with E-state index in [9.17, 15) is 4.79 Å². The molecule has 0 fully saturated rings. The van der Waals surface area contributed by atoms with E-state index in [2.05, 4.69) is 15.3 Å². The molecule has 3 N–H and O–H groups in total. The summed E-state index contributed by atoms with van der Waals surface area (Å²) < 4.78 is 0. The third kappa shape index (κ3) is 3.59. The molecule has 20 heavy (non-hydrogen) atoms. The van der Waals surface area contributed by atoms with Crippen LogP contribution < -0.4 is 5.32 Å². The predicted octanol–water partition coefficient (Wildman–Crippen LogP) is 0.679. The molecular formula is C14H15N3O3. The zero-order valence-electron chi connectivity index (χ0n) is 10.7. The van der Waals surface area contributed by atoms with Crippen molar-refractivity contribution in [2.75, 3.05) is 6.61 Å². The van der Waals surface area contributed by atoms with E-state index in [1.165, 1.54) is 0 Å². The Labute approximate surface area is 116 Å². The number of aromatic nitrogens is 2. The molecule has 1 atom stereocenters. The lowest BCUT2D eigenvalue weighted by molar-refractivity contribution is -0.140. The van der Waals surface area contributed by atoms with Gasteiger partial charge in [-0.1, -0.05) is 30.3 Å². The second-order valence-electron chi connectivity index (χ2n) is 4.24. The van der Waals surface area contributed by atoms with Crippen molar-refractivity contribution in [3.8, 4) is 11.4 Å².